The van der Waals surface area contributed by atoms with E-state index in [0.29, 0.717) is 13.0 Å². The first-order valence-electron chi connectivity index (χ1n) is 18.3. The molecule has 1 saturated heterocycles. The minimum absolute atomic E-state index is 0.0360. The van der Waals surface area contributed by atoms with E-state index < -0.39 is 59.8 Å². The third-order valence-corrected chi connectivity index (χ3v) is 8.94. The number of hydrogen-bond acceptors (Lipinski definition) is 11. The van der Waals surface area contributed by atoms with Crippen LogP contribution in [0.2, 0.25) is 0 Å². The highest BCUT2D eigenvalue weighted by Crippen LogP contribution is 2.26. The van der Waals surface area contributed by atoms with Gasteiger partial charge in [0.15, 0.2) is 6.29 Å². The Balaban J connectivity index is 2.34. The van der Waals surface area contributed by atoms with Crippen LogP contribution in [0.15, 0.2) is 0 Å². The monoisotopic (exact) mass is 698 g/mol. The zero-order chi connectivity index (χ0) is 34.8. The normalized spacial score (nSPS) is 22.4. The van der Waals surface area contributed by atoms with Crippen molar-refractivity contribution in [1.29, 1.82) is 0 Å². The maximum atomic E-state index is 12.6. The van der Waals surface area contributed by atoms with Crippen LogP contribution in [0, 0.1) is 0 Å². The fourth-order valence-electron chi connectivity index (χ4n) is 5.67. The van der Waals surface area contributed by atoms with Crippen LogP contribution in [-0.4, -0.2) is 97.5 Å². The van der Waals surface area contributed by atoms with Gasteiger partial charge in [-0.3, -0.25) is 9.35 Å². The van der Waals surface area contributed by atoms with E-state index in [9.17, 15) is 28.5 Å². The molecule has 13 heteroatoms. The molecule has 1 rings (SSSR count). The summed E-state index contributed by atoms with van der Waals surface area (Å²) < 4.78 is 58.2. The quantitative estimate of drug-likeness (QED) is 0.0390. The number of hydrogen-bond donors (Lipinski definition) is 4. The molecule has 47 heavy (non-hydrogen) atoms. The van der Waals surface area contributed by atoms with Crippen molar-refractivity contribution >= 4 is 16.4 Å². The Bertz CT molecular complexity index is 858. The van der Waals surface area contributed by atoms with Crippen LogP contribution in [0.4, 0.5) is 0 Å². The second-order valence-electron chi connectivity index (χ2n) is 12.8. The van der Waals surface area contributed by atoms with Crippen molar-refractivity contribution in [3.8, 4) is 0 Å². The minimum Gasteiger partial charge on any atom is -0.457 e. The fraction of sp³-hybridized carbons (Fsp3) is 0.971. The molecular formula is C34H66O12S. The van der Waals surface area contributed by atoms with Crippen molar-refractivity contribution in [3.05, 3.63) is 0 Å². The molecule has 0 aromatic heterocycles. The molecule has 0 aromatic rings. The highest BCUT2D eigenvalue weighted by Gasteiger charge is 2.48. The van der Waals surface area contributed by atoms with Gasteiger partial charge in [-0.25, -0.2) is 4.18 Å². The summed E-state index contributed by atoms with van der Waals surface area (Å²) in [6, 6.07) is 0. The zero-order valence-electron chi connectivity index (χ0n) is 29.1. The van der Waals surface area contributed by atoms with E-state index in [1.165, 1.54) is 83.5 Å². The SMILES string of the molecule is CCCCCCCCCCCCCCCCCCCC(=O)O[C@H](COCCCCC)CO[C@@H]1O[C@H](CO)[C@H](O)[C@H](OS(=O)(=O)O)[C@H]1O. The molecule has 0 spiro atoms. The lowest BCUT2D eigenvalue weighted by molar-refractivity contribution is -0.301. The lowest BCUT2D eigenvalue weighted by Crippen LogP contribution is -2.60. The van der Waals surface area contributed by atoms with Crippen molar-refractivity contribution in [3.63, 3.8) is 0 Å². The molecule has 1 aliphatic heterocycles. The summed E-state index contributed by atoms with van der Waals surface area (Å²) in [6.45, 7) is 3.82. The van der Waals surface area contributed by atoms with Gasteiger partial charge >= 0.3 is 16.4 Å². The average Bonchev–Trinajstić information content (AvgIpc) is 3.03. The molecule has 12 nitrogen and oxygen atoms in total. The number of carbonyl (C=O) groups excluding carboxylic acids is 1. The lowest BCUT2D eigenvalue weighted by Gasteiger charge is -2.41. The van der Waals surface area contributed by atoms with Crippen molar-refractivity contribution in [2.75, 3.05) is 26.4 Å². The lowest BCUT2D eigenvalue weighted by atomic mass is 9.99. The molecule has 1 heterocycles. The second-order valence-corrected chi connectivity index (χ2v) is 13.9. The Morgan fingerprint density at radius 2 is 1.21 bits per heavy atom. The first kappa shape index (κ1) is 44.1. The van der Waals surface area contributed by atoms with Crippen molar-refractivity contribution in [1.82, 2.24) is 0 Å². The molecule has 1 aliphatic rings. The van der Waals surface area contributed by atoms with Gasteiger partial charge in [-0.05, 0) is 12.8 Å². The zero-order valence-corrected chi connectivity index (χ0v) is 29.9. The number of esters is 1. The third-order valence-electron chi connectivity index (χ3n) is 8.48. The van der Waals surface area contributed by atoms with Crippen LogP contribution in [0.3, 0.4) is 0 Å². The Morgan fingerprint density at radius 1 is 0.723 bits per heavy atom. The standard InChI is InChI=1S/C34H66O12S/c1-3-5-7-8-9-10-11-12-13-14-15-16-17-18-19-20-21-23-30(36)44-28(26-42-24-22-6-4-2)27-43-34-32(38)33(46-47(39,40)41)31(37)29(25-35)45-34/h28-29,31-35,37-38H,3-27H2,1-2H3,(H,39,40,41)/t28-,29-,31+,32-,33+,34-/m1/s1. The van der Waals surface area contributed by atoms with Crippen LogP contribution in [0.5, 0.6) is 0 Å². The van der Waals surface area contributed by atoms with Gasteiger partial charge in [0.25, 0.3) is 0 Å². The molecule has 0 unspecified atom stereocenters. The minimum atomic E-state index is -5.04. The average molecular weight is 699 g/mol. The van der Waals surface area contributed by atoms with Gasteiger partial charge in [0.2, 0.25) is 0 Å². The van der Waals surface area contributed by atoms with E-state index in [-0.39, 0.29) is 19.6 Å². The first-order valence-corrected chi connectivity index (χ1v) is 19.7. The number of rotatable bonds is 31. The molecule has 4 N–H and O–H groups in total. The molecule has 1 fully saturated rings. The Morgan fingerprint density at radius 3 is 1.70 bits per heavy atom. The predicted molar refractivity (Wildman–Crippen MR) is 179 cm³/mol. The number of aliphatic hydroxyl groups excluding tert-OH is 3. The molecule has 0 aliphatic carbocycles. The molecule has 0 bridgehead atoms. The summed E-state index contributed by atoms with van der Waals surface area (Å²) >= 11 is 0. The summed E-state index contributed by atoms with van der Waals surface area (Å²) in [5.41, 5.74) is 0. The van der Waals surface area contributed by atoms with Crippen LogP contribution in [0.25, 0.3) is 0 Å². The highest BCUT2D eigenvalue weighted by molar-refractivity contribution is 7.80. The van der Waals surface area contributed by atoms with Crippen LogP contribution < -0.4 is 0 Å². The Labute approximate surface area is 284 Å². The topological polar surface area (TPSA) is 178 Å². The van der Waals surface area contributed by atoms with Gasteiger partial charge in [-0.2, -0.15) is 8.42 Å². The molecule has 280 valence electrons. The summed E-state index contributed by atoms with van der Waals surface area (Å²) in [4.78, 5) is 12.6. The van der Waals surface area contributed by atoms with Gasteiger partial charge < -0.3 is 34.3 Å². The van der Waals surface area contributed by atoms with Crippen molar-refractivity contribution < 1.29 is 56.2 Å². The summed E-state index contributed by atoms with van der Waals surface area (Å²) in [6.07, 6.45) is 15.2. The maximum absolute atomic E-state index is 12.6. The first-order chi connectivity index (χ1) is 22.6. The van der Waals surface area contributed by atoms with Crippen molar-refractivity contribution in [2.24, 2.45) is 0 Å². The van der Waals surface area contributed by atoms with Gasteiger partial charge in [0.05, 0.1) is 19.8 Å². The van der Waals surface area contributed by atoms with Crippen LogP contribution in [-0.2, 0) is 38.3 Å². The second kappa shape index (κ2) is 27.9. The van der Waals surface area contributed by atoms with Gasteiger partial charge in [-0.1, -0.05) is 129 Å². The van der Waals surface area contributed by atoms with E-state index in [2.05, 4.69) is 18.0 Å². The largest absolute Gasteiger partial charge is 0.457 e. The van der Waals surface area contributed by atoms with Crippen LogP contribution >= 0.6 is 0 Å². The van der Waals surface area contributed by atoms with Crippen molar-refractivity contribution in [2.45, 2.75) is 185 Å². The molecule has 0 aromatic carbocycles. The van der Waals surface area contributed by atoms with E-state index in [1.807, 2.05) is 0 Å². The van der Waals surface area contributed by atoms with Gasteiger partial charge in [-0.15, -0.1) is 0 Å². The van der Waals surface area contributed by atoms with Gasteiger partial charge in [0, 0.05) is 13.0 Å². The summed E-state index contributed by atoms with van der Waals surface area (Å²) in [5.74, 6) is -0.405. The molecular weight excluding hydrogens is 632 g/mol. The Hall–Kier alpha value is -0.900. The molecule has 6 atom stereocenters. The third kappa shape index (κ3) is 22.4. The van der Waals surface area contributed by atoms with E-state index in [0.717, 1.165) is 38.5 Å². The van der Waals surface area contributed by atoms with E-state index >= 15 is 0 Å². The van der Waals surface area contributed by atoms with Crippen LogP contribution in [0.1, 0.15) is 149 Å². The van der Waals surface area contributed by atoms with E-state index in [1.54, 1.807) is 0 Å². The highest BCUT2D eigenvalue weighted by atomic mass is 32.3. The number of carbonyl (C=O) groups is 1. The van der Waals surface area contributed by atoms with E-state index in [4.69, 9.17) is 23.5 Å². The Kier molecular flexibility index (Phi) is 26.2. The van der Waals surface area contributed by atoms with Gasteiger partial charge in [0.1, 0.15) is 30.5 Å². The fourth-order valence-corrected chi connectivity index (χ4v) is 6.18. The number of ether oxygens (including phenoxy) is 4. The summed E-state index contributed by atoms with van der Waals surface area (Å²) in [5, 5.41) is 30.3. The molecule has 0 saturated carbocycles. The number of aliphatic hydroxyl groups is 3. The number of unbranched alkanes of at least 4 members (excludes halogenated alkanes) is 18. The summed E-state index contributed by atoms with van der Waals surface area (Å²) in [7, 11) is -5.04. The molecule has 0 radical (unpaired) electrons. The smallest absolute Gasteiger partial charge is 0.397 e. The molecule has 0 amide bonds. The predicted octanol–water partition coefficient (Wildman–Crippen LogP) is 5.79. The maximum Gasteiger partial charge on any atom is 0.397 e.